The van der Waals surface area contributed by atoms with Gasteiger partial charge in [0, 0.05) is 19.7 Å². The summed E-state index contributed by atoms with van der Waals surface area (Å²) in [7, 11) is 3.26. The van der Waals surface area contributed by atoms with E-state index in [0.717, 1.165) is 30.4 Å². The highest BCUT2D eigenvalue weighted by Crippen LogP contribution is 2.25. The molecule has 1 unspecified atom stereocenters. The van der Waals surface area contributed by atoms with Crippen molar-refractivity contribution in [2.24, 2.45) is 10.9 Å². The summed E-state index contributed by atoms with van der Waals surface area (Å²) in [5, 5.41) is 2.35. The molecule has 7 nitrogen and oxygen atoms in total. The summed E-state index contributed by atoms with van der Waals surface area (Å²) in [5.41, 5.74) is 1.15. The number of rotatable bonds is 4. The van der Waals surface area contributed by atoms with Gasteiger partial charge in [-0.2, -0.15) is 0 Å². The molecule has 3 amide bonds. The van der Waals surface area contributed by atoms with Gasteiger partial charge < -0.3 is 0 Å². The minimum absolute atomic E-state index is 0.214. The highest BCUT2D eigenvalue weighted by atomic mass is 16.2. The molecule has 3 aliphatic rings. The fraction of sp³-hybridized carbons (Fsp3) is 0.440. The first kappa shape index (κ1) is 20.8. The number of imide groups is 1. The van der Waals surface area contributed by atoms with Crippen molar-refractivity contribution in [3.63, 3.8) is 0 Å². The van der Waals surface area contributed by atoms with Crippen LogP contribution in [0.15, 0.2) is 47.5 Å². The zero-order valence-corrected chi connectivity index (χ0v) is 19.0. The Morgan fingerprint density at radius 2 is 1.72 bits per heavy atom. The Kier molecular flexibility index (Phi) is 5.29. The Balaban J connectivity index is 1.55. The molecule has 1 atom stereocenters. The average molecular weight is 433 g/mol. The lowest BCUT2D eigenvalue weighted by Crippen LogP contribution is -2.61. The number of carbonyl (C=O) groups excluding carboxylic acids is 2. The molecule has 5 rings (SSSR count). The number of nitrogens with zero attached hydrogens (tertiary/aromatic N) is 5. The molecule has 0 saturated carbocycles. The number of aliphatic imine (C=N–C) groups is 1. The van der Waals surface area contributed by atoms with Gasteiger partial charge in [0.05, 0.1) is 0 Å². The van der Waals surface area contributed by atoms with Crippen molar-refractivity contribution in [2.75, 3.05) is 33.7 Å². The summed E-state index contributed by atoms with van der Waals surface area (Å²) in [6.45, 7) is 5.63. The number of likely N-dealkylation sites (N-methyl/N-ethyl adjacent to an activating group) is 2. The van der Waals surface area contributed by atoms with Crippen LogP contribution in [0.1, 0.15) is 25.3 Å². The van der Waals surface area contributed by atoms with Gasteiger partial charge in [-0.05, 0) is 47.6 Å². The molecule has 0 aliphatic carbocycles. The van der Waals surface area contributed by atoms with Crippen molar-refractivity contribution in [2.45, 2.75) is 32.4 Å². The van der Waals surface area contributed by atoms with Crippen LogP contribution in [0.4, 0.5) is 4.79 Å². The number of urea groups is 1. The lowest BCUT2D eigenvalue weighted by atomic mass is 9.99. The van der Waals surface area contributed by atoms with Gasteiger partial charge in [0.2, 0.25) is 0 Å². The molecule has 0 radical (unpaired) electrons. The number of fused-ring (bicyclic) bond motifs is 2. The molecule has 2 fully saturated rings. The predicted molar refractivity (Wildman–Crippen MR) is 125 cm³/mol. The van der Waals surface area contributed by atoms with Crippen molar-refractivity contribution in [3.05, 3.63) is 48.0 Å². The van der Waals surface area contributed by atoms with E-state index in [1.54, 1.807) is 14.1 Å². The Hall–Kier alpha value is -3.06. The minimum Gasteiger partial charge on any atom is -0.292 e. The molecule has 3 aliphatic heterocycles. The molecule has 0 spiro atoms. The number of likely N-dealkylation sites (tertiary alicyclic amines) is 1. The van der Waals surface area contributed by atoms with Crippen molar-refractivity contribution in [1.29, 1.82) is 0 Å². The van der Waals surface area contributed by atoms with Crippen LogP contribution in [0, 0.1) is 5.92 Å². The maximum Gasteiger partial charge on any atom is 0.333 e. The second-order valence-corrected chi connectivity index (χ2v) is 9.25. The molecular weight excluding hydrogens is 402 g/mol. The highest BCUT2D eigenvalue weighted by molar-refractivity contribution is 6.23. The molecule has 32 heavy (non-hydrogen) atoms. The van der Waals surface area contributed by atoms with Crippen molar-refractivity contribution in [1.82, 2.24) is 14.7 Å². The van der Waals surface area contributed by atoms with E-state index in [9.17, 15) is 9.59 Å². The second-order valence-electron chi connectivity index (χ2n) is 9.25. The summed E-state index contributed by atoms with van der Waals surface area (Å²) in [4.78, 5) is 35.8. The van der Waals surface area contributed by atoms with Crippen LogP contribution in [0.3, 0.4) is 0 Å². The first-order chi connectivity index (χ1) is 15.4. The van der Waals surface area contributed by atoms with Crippen molar-refractivity contribution in [3.8, 4) is 0 Å². The number of piperidine rings is 1. The molecule has 0 N–H and O–H groups in total. The summed E-state index contributed by atoms with van der Waals surface area (Å²) in [5.74, 6) is 1.95. The average Bonchev–Trinajstić information content (AvgIpc) is 3.16. The molecule has 2 aromatic rings. The van der Waals surface area contributed by atoms with Crippen LogP contribution < -0.4 is 0 Å². The molecule has 0 aromatic heterocycles. The maximum atomic E-state index is 13.2. The lowest BCUT2D eigenvalue weighted by Gasteiger charge is -2.31. The van der Waals surface area contributed by atoms with E-state index in [1.165, 1.54) is 33.4 Å². The van der Waals surface area contributed by atoms with E-state index >= 15 is 0 Å². The molecule has 0 bridgehead atoms. The summed E-state index contributed by atoms with van der Waals surface area (Å²) >= 11 is 0. The van der Waals surface area contributed by atoms with E-state index in [-0.39, 0.29) is 11.9 Å². The highest BCUT2D eigenvalue weighted by Gasteiger charge is 2.53. The topological polar surface area (TPSA) is 59.2 Å². The van der Waals surface area contributed by atoms with Crippen LogP contribution in [0.2, 0.25) is 0 Å². The smallest absolute Gasteiger partial charge is 0.292 e. The van der Waals surface area contributed by atoms with E-state index in [4.69, 9.17) is 4.99 Å². The second kappa shape index (κ2) is 8.13. The first-order valence-electron chi connectivity index (χ1n) is 11.4. The van der Waals surface area contributed by atoms with Crippen LogP contribution in [-0.2, 0) is 11.3 Å². The fourth-order valence-electron chi connectivity index (χ4n) is 4.99. The summed E-state index contributed by atoms with van der Waals surface area (Å²) in [6, 6.07) is 13.7. The predicted octanol–water partition coefficient (Wildman–Crippen LogP) is 2.79. The molecule has 3 heterocycles. The summed E-state index contributed by atoms with van der Waals surface area (Å²) < 4.78 is 2.11. The third-order valence-corrected chi connectivity index (χ3v) is 7.08. The molecular formula is C25H30N5O2+. The molecule has 2 saturated heterocycles. The zero-order valence-electron chi connectivity index (χ0n) is 19.0. The normalized spacial score (nSPS) is 22.7. The minimum atomic E-state index is -0.569. The number of amidine groups is 2. The Morgan fingerprint density at radius 1 is 1.00 bits per heavy atom. The Morgan fingerprint density at radius 3 is 2.50 bits per heavy atom. The van der Waals surface area contributed by atoms with Gasteiger partial charge >= 0.3 is 11.9 Å². The van der Waals surface area contributed by atoms with Gasteiger partial charge in [0.1, 0.15) is 13.1 Å². The van der Waals surface area contributed by atoms with Gasteiger partial charge in [-0.1, -0.05) is 49.4 Å². The van der Waals surface area contributed by atoms with E-state index in [0.29, 0.717) is 18.9 Å². The molecule has 7 heteroatoms. The van der Waals surface area contributed by atoms with E-state index < -0.39 is 6.04 Å². The zero-order chi connectivity index (χ0) is 22.4. The molecule has 2 aromatic carbocycles. The number of carbonyl (C=O) groups is 2. The van der Waals surface area contributed by atoms with Gasteiger partial charge in [0.25, 0.3) is 17.8 Å². The van der Waals surface area contributed by atoms with Gasteiger partial charge in [-0.25, -0.2) is 9.37 Å². The van der Waals surface area contributed by atoms with Gasteiger partial charge in [-0.3, -0.25) is 19.5 Å². The van der Waals surface area contributed by atoms with Crippen LogP contribution in [0.25, 0.3) is 10.8 Å². The van der Waals surface area contributed by atoms with Crippen molar-refractivity contribution >= 4 is 34.4 Å². The quantitative estimate of drug-likeness (QED) is 0.698. The standard InChI is InChI=1S/C25H30N5O2/c1-17-11-13-29(14-12-17)16-21-26-23-22(24(31)28(3)25(32)27(23)2)30(21)15-19-9-6-8-18-7-4-5-10-20(18)19/h4-10,17,22H,11-16H2,1-3H3/q+1. The number of hydrogen-bond donors (Lipinski definition) is 0. The SMILES string of the molecule is CC1CCN(CC2=[N+](Cc3cccc4ccccc34)C3C(=O)N(C)C(=O)N(C)C3=N2)CC1. The number of amides is 3. The van der Waals surface area contributed by atoms with Crippen LogP contribution in [-0.4, -0.2) is 82.7 Å². The van der Waals surface area contributed by atoms with E-state index in [1.807, 2.05) is 12.1 Å². The lowest BCUT2D eigenvalue weighted by molar-refractivity contribution is -0.552. The third kappa shape index (κ3) is 3.50. The van der Waals surface area contributed by atoms with E-state index in [2.05, 4.69) is 46.7 Å². The maximum absolute atomic E-state index is 13.2. The van der Waals surface area contributed by atoms with Gasteiger partial charge in [-0.15, -0.1) is 0 Å². The number of hydrogen-bond acceptors (Lipinski definition) is 4. The Labute approximate surface area is 188 Å². The summed E-state index contributed by atoms with van der Waals surface area (Å²) in [6.07, 6.45) is 2.35. The monoisotopic (exact) mass is 432 g/mol. The first-order valence-corrected chi connectivity index (χ1v) is 11.4. The number of benzene rings is 2. The largest absolute Gasteiger partial charge is 0.333 e. The van der Waals surface area contributed by atoms with Crippen molar-refractivity contribution < 1.29 is 14.2 Å². The molecule has 166 valence electrons. The van der Waals surface area contributed by atoms with Crippen LogP contribution in [0.5, 0.6) is 0 Å². The van der Waals surface area contributed by atoms with Crippen LogP contribution >= 0.6 is 0 Å². The third-order valence-electron chi connectivity index (χ3n) is 7.08. The Bertz CT molecular complexity index is 1140. The fourth-order valence-corrected chi connectivity index (χ4v) is 4.99. The van der Waals surface area contributed by atoms with Gasteiger partial charge in [0.15, 0.2) is 0 Å².